The Hall–Kier alpha value is -1.26. The number of nitrogens with one attached hydrogen (secondary N) is 2. The third-order valence-electron chi connectivity index (χ3n) is 3.92. The van der Waals surface area contributed by atoms with E-state index >= 15 is 0 Å². The standard InChI is InChI=1S/C14H26N2O3/c1-4-12(9(2)3)16-14(19)15-11-7-5-6-10(8-11)13(17)18/h9-12H,4-8H2,1-3H3,(H,17,18)(H2,15,16,19). The van der Waals surface area contributed by atoms with E-state index in [0.29, 0.717) is 12.3 Å². The summed E-state index contributed by atoms with van der Waals surface area (Å²) in [5.41, 5.74) is 0. The number of rotatable bonds is 5. The first-order valence-electron chi connectivity index (χ1n) is 7.23. The Morgan fingerprint density at radius 3 is 2.53 bits per heavy atom. The molecule has 3 unspecified atom stereocenters. The van der Waals surface area contributed by atoms with E-state index in [1.54, 1.807) is 0 Å². The number of carboxylic acid groups (broad SMARTS) is 1. The molecular formula is C14H26N2O3. The highest BCUT2D eigenvalue weighted by molar-refractivity contribution is 5.75. The van der Waals surface area contributed by atoms with Gasteiger partial charge < -0.3 is 15.7 Å². The van der Waals surface area contributed by atoms with Crippen LogP contribution in [-0.2, 0) is 4.79 Å². The molecule has 110 valence electrons. The summed E-state index contributed by atoms with van der Waals surface area (Å²) >= 11 is 0. The first-order chi connectivity index (χ1) is 8.93. The van der Waals surface area contributed by atoms with Gasteiger partial charge in [0.25, 0.3) is 0 Å². The van der Waals surface area contributed by atoms with Crippen LogP contribution in [0.15, 0.2) is 0 Å². The lowest BCUT2D eigenvalue weighted by molar-refractivity contribution is -0.143. The Kier molecular flexibility index (Phi) is 6.12. The second kappa shape index (κ2) is 7.36. The fourth-order valence-corrected chi connectivity index (χ4v) is 2.68. The number of carbonyl (C=O) groups excluding carboxylic acids is 1. The Bertz CT molecular complexity index is 318. The van der Waals surface area contributed by atoms with Crippen molar-refractivity contribution in [3.05, 3.63) is 0 Å². The van der Waals surface area contributed by atoms with Gasteiger partial charge in [0.2, 0.25) is 0 Å². The van der Waals surface area contributed by atoms with Crippen LogP contribution >= 0.6 is 0 Å². The van der Waals surface area contributed by atoms with E-state index in [1.807, 2.05) is 6.92 Å². The van der Waals surface area contributed by atoms with Crippen molar-refractivity contribution in [3.8, 4) is 0 Å². The highest BCUT2D eigenvalue weighted by Gasteiger charge is 2.28. The Balaban J connectivity index is 2.41. The van der Waals surface area contributed by atoms with E-state index in [0.717, 1.165) is 25.7 Å². The highest BCUT2D eigenvalue weighted by atomic mass is 16.4. The lowest BCUT2D eigenvalue weighted by atomic mass is 9.86. The molecule has 0 aromatic carbocycles. The smallest absolute Gasteiger partial charge is 0.315 e. The number of carbonyl (C=O) groups is 2. The zero-order chi connectivity index (χ0) is 14.4. The van der Waals surface area contributed by atoms with Crippen LogP contribution in [0, 0.1) is 11.8 Å². The molecule has 0 aromatic heterocycles. The molecule has 0 spiro atoms. The molecular weight excluding hydrogens is 244 g/mol. The molecule has 3 N–H and O–H groups in total. The van der Waals surface area contributed by atoms with Crippen molar-refractivity contribution in [1.29, 1.82) is 0 Å². The van der Waals surface area contributed by atoms with E-state index in [9.17, 15) is 9.59 Å². The van der Waals surface area contributed by atoms with Gasteiger partial charge in [-0.05, 0) is 31.6 Å². The second-order valence-corrected chi connectivity index (χ2v) is 5.78. The molecule has 0 aliphatic heterocycles. The molecule has 0 bridgehead atoms. The first-order valence-corrected chi connectivity index (χ1v) is 7.23. The fourth-order valence-electron chi connectivity index (χ4n) is 2.68. The Labute approximate surface area is 115 Å². The van der Waals surface area contributed by atoms with Crippen molar-refractivity contribution in [2.24, 2.45) is 11.8 Å². The van der Waals surface area contributed by atoms with E-state index in [1.165, 1.54) is 0 Å². The third kappa shape index (κ3) is 5.09. The number of hydrogen-bond donors (Lipinski definition) is 3. The van der Waals surface area contributed by atoms with Crippen molar-refractivity contribution in [2.75, 3.05) is 0 Å². The molecule has 1 aliphatic rings. The number of aliphatic carboxylic acids is 1. The summed E-state index contributed by atoms with van der Waals surface area (Å²) in [6.45, 7) is 6.21. The minimum Gasteiger partial charge on any atom is -0.481 e. The van der Waals surface area contributed by atoms with Crippen molar-refractivity contribution >= 4 is 12.0 Å². The maximum absolute atomic E-state index is 11.9. The van der Waals surface area contributed by atoms with Crippen LogP contribution < -0.4 is 10.6 Å². The van der Waals surface area contributed by atoms with Crippen LogP contribution in [0.25, 0.3) is 0 Å². The van der Waals surface area contributed by atoms with Crippen molar-refractivity contribution in [2.45, 2.75) is 65.0 Å². The molecule has 1 aliphatic carbocycles. The molecule has 5 heteroatoms. The van der Waals surface area contributed by atoms with E-state index < -0.39 is 5.97 Å². The quantitative estimate of drug-likeness (QED) is 0.717. The van der Waals surface area contributed by atoms with Gasteiger partial charge in [0.15, 0.2) is 0 Å². The molecule has 0 aromatic rings. The van der Waals surface area contributed by atoms with Gasteiger partial charge in [-0.15, -0.1) is 0 Å². The van der Waals surface area contributed by atoms with Crippen LogP contribution in [0.4, 0.5) is 4.79 Å². The van der Waals surface area contributed by atoms with Crippen molar-refractivity contribution < 1.29 is 14.7 Å². The predicted octanol–water partition coefficient (Wildman–Crippen LogP) is 2.36. The molecule has 0 saturated heterocycles. The summed E-state index contributed by atoms with van der Waals surface area (Å²) in [5.74, 6) is -0.666. The van der Waals surface area contributed by atoms with Crippen LogP contribution in [-0.4, -0.2) is 29.2 Å². The monoisotopic (exact) mass is 270 g/mol. The third-order valence-corrected chi connectivity index (χ3v) is 3.92. The predicted molar refractivity (Wildman–Crippen MR) is 74.0 cm³/mol. The lowest BCUT2D eigenvalue weighted by Gasteiger charge is -2.29. The lowest BCUT2D eigenvalue weighted by Crippen LogP contribution is -2.49. The van der Waals surface area contributed by atoms with E-state index in [2.05, 4.69) is 24.5 Å². The minimum atomic E-state index is -0.750. The highest BCUT2D eigenvalue weighted by Crippen LogP contribution is 2.24. The SMILES string of the molecule is CCC(NC(=O)NC1CCCC(C(=O)O)C1)C(C)C. The fraction of sp³-hybridized carbons (Fsp3) is 0.857. The van der Waals surface area contributed by atoms with Gasteiger partial charge in [0, 0.05) is 12.1 Å². The van der Waals surface area contributed by atoms with Crippen molar-refractivity contribution in [3.63, 3.8) is 0 Å². The molecule has 1 saturated carbocycles. The van der Waals surface area contributed by atoms with Crippen LogP contribution in [0.1, 0.15) is 52.9 Å². The van der Waals surface area contributed by atoms with Crippen molar-refractivity contribution in [1.82, 2.24) is 10.6 Å². The topological polar surface area (TPSA) is 78.4 Å². The normalized spacial score (nSPS) is 24.8. The summed E-state index contributed by atoms with van der Waals surface area (Å²) < 4.78 is 0. The van der Waals surface area contributed by atoms with Gasteiger partial charge in [-0.2, -0.15) is 0 Å². The van der Waals surface area contributed by atoms with Crippen LogP contribution in [0.3, 0.4) is 0 Å². The maximum Gasteiger partial charge on any atom is 0.315 e. The zero-order valence-corrected chi connectivity index (χ0v) is 12.1. The zero-order valence-electron chi connectivity index (χ0n) is 12.1. The summed E-state index contributed by atoms with van der Waals surface area (Å²) in [6, 6.07) is -0.0185. The molecule has 0 radical (unpaired) electrons. The second-order valence-electron chi connectivity index (χ2n) is 5.78. The molecule has 5 nitrogen and oxygen atoms in total. The molecule has 1 rings (SSSR count). The first kappa shape index (κ1) is 15.8. The van der Waals surface area contributed by atoms with E-state index in [-0.39, 0.29) is 24.0 Å². The van der Waals surface area contributed by atoms with Crippen LogP contribution in [0.5, 0.6) is 0 Å². The summed E-state index contributed by atoms with van der Waals surface area (Å²) in [6.07, 6.45) is 3.90. The maximum atomic E-state index is 11.9. The van der Waals surface area contributed by atoms with Gasteiger partial charge >= 0.3 is 12.0 Å². The number of hydrogen-bond acceptors (Lipinski definition) is 2. The largest absolute Gasteiger partial charge is 0.481 e. The Morgan fingerprint density at radius 2 is 2.00 bits per heavy atom. The van der Waals surface area contributed by atoms with Gasteiger partial charge in [0.1, 0.15) is 0 Å². The number of amides is 2. The minimum absolute atomic E-state index is 0.0143. The average Bonchev–Trinajstić information content (AvgIpc) is 2.35. The Morgan fingerprint density at radius 1 is 1.32 bits per heavy atom. The summed E-state index contributed by atoms with van der Waals surface area (Å²) in [4.78, 5) is 22.9. The van der Waals surface area contributed by atoms with Gasteiger partial charge in [-0.25, -0.2) is 4.79 Å². The molecule has 1 fully saturated rings. The molecule has 19 heavy (non-hydrogen) atoms. The molecule has 2 amide bonds. The van der Waals surface area contributed by atoms with E-state index in [4.69, 9.17) is 5.11 Å². The van der Waals surface area contributed by atoms with Gasteiger partial charge in [-0.3, -0.25) is 4.79 Å². The van der Waals surface area contributed by atoms with Crippen LogP contribution in [0.2, 0.25) is 0 Å². The summed E-state index contributed by atoms with van der Waals surface area (Å²) in [7, 11) is 0. The number of carboxylic acids is 1. The molecule has 3 atom stereocenters. The summed E-state index contributed by atoms with van der Waals surface area (Å²) in [5, 5.41) is 14.9. The molecule has 0 heterocycles. The number of urea groups is 1. The average molecular weight is 270 g/mol. The van der Waals surface area contributed by atoms with Gasteiger partial charge in [-0.1, -0.05) is 27.2 Å². The van der Waals surface area contributed by atoms with Gasteiger partial charge in [0.05, 0.1) is 5.92 Å².